The summed E-state index contributed by atoms with van der Waals surface area (Å²) in [4.78, 5) is 26.0. The third-order valence-electron chi connectivity index (χ3n) is 1.90. The van der Waals surface area contributed by atoms with Crippen molar-refractivity contribution in [1.29, 1.82) is 0 Å². The maximum Gasteiger partial charge on any atom is 0.325 e. The molecule has 1 aromatic heterocycles. The number of nitrogens with zero attached hydrogens (tertiary/aromatic N) is 1. The fraction of sp³-hybridized carbons (Fsp3) is 0.300. The number of aliphatic carboxylic acids is 1. The Kier molecular flexibility index (Phi) is 3.84. The molecular formula is C10H11ClN2O3. The second kappa shape index (κ2) is 4.94. The Bertz CT molecular complexity index is 414. The fourth-order valence-electron chi connectivity index (χ4n) is 1.10. The molecule has 1 aromatic rings. The predicted octanol–water partition coefficient (Wildman–Crippen LogP) is 1.25. The number of carboxylic acid groups (broad SMARTS) is 1. The summed E-state index contributed by atoms with van der Waals surface area (Å²) in [6, 6.07) is 1.98. The molecule has 0 saturated carbocycles. The lowest BCUT2D eigenvalue weighted by Crippen LogP contribution is -2.38. The van der Waals surface area contributed by atoms with Crippen molar-refractivity contribution in [3.05, 3.63) is 28.5 Å². The van der Waals surface area contributed by atoms with Crippen LogP contribution in [0.2, 0.25) is 5.15 Å². The zero-order valence-corrected chi connectivity index (χ0v) is 9.58. The van der Waals surface area contributed by atoms with Gasteiger partial charge >= 0.3 is 5.97 Å². The van der Waals surface area contributed by atoms with Crippen LogP contribution in [-0.2, 0) is 4.79 Å². The van der Waals surface area contributed by atoms with Crippen LogP contribution in [0.25, 0.3) is 0 Å². The molecule has 0 unspecified atom stereocenters. The topological polar surface area (TPSA) is 79.3 Å². The number of carboxylic acids is 1. The first-order valence-corrected chi connectivity index (χ1v) is 4.96. The zero-order valence-electron chi connectivity index (χ0n) is 8.82. The Morgan fingerprint density at radius 1 is 1.50 bits per heavy atom. The normalized spacial score (nSPS) is 11.9. The lowest BCUT2D eigenvalue weighted by atomic mass is 10.2. The minimum atomic E-state index is -1.09. The molecule has 1 rings (SSSR count). The third-order valence-corrected chi connectivity index (χ3v) is 2.10. The number of carbonyl (C=O) groups is 2. The summed E-state index contributed by atoms with van der Waals surface area (Å²) >= 11 is 5.69. The van der Waals surface area contributed by atoms with E-state index in [2.05, 4.69) is 10.3 Å². The van der Waals surface area contributed by atoms with Gasteiger partial charge in [0, 0.05) is 11.3 Å². The van der Waals surface area contributed by atoms with Gasteiger partial charge in [-0.1, -0.05) is 11.6 Å². The van der Waals surface area contributed by atoms with Crippen molar-refractivity contribution in [2.75, 3.05) is 0 Å². The van der Waals surface area contributed by atoms with Crippen LogP contribution < -0.4 is 5.32 Å². The van der Waals surface area contributed by atoms with Crippen LogP contribution in [0.5, 0.6) is 0 Å². The molecule has 0 bridgehead atoms. The van der Waals surface area contributed by atoms with Gasteiger partial charge < -0.3 is 10.4 Å². The van der Waals surface area contributed by atoms with Crippen LogP contribution in [-0.4, -0.2) is 28.0 Å². The molecule has 0 aliphatic carbocycles. The minimum Gasteiger partial charge on any atom is -0.480 e. The highest BCUT2D eigenvalue weighted by atomic mass is 35.5. The summed E-state index contributed by atoms with van der Waals surface area (Å²) in [5, 5.41) is 11.2. The second-order valence-electron chi connectivity index (χ2n) is 3.35. The maximum absolute atomic E-state index is 11.6. The van der Waals surface area contributed by atoms with E-state index in [4.69, 9.17) is 16.7 Å². The van der Waals surface area contributed by atoms with Gasteiger partial charge in [0.1, 0.15) is 11.2 Å². The average Bonchev–Trinajstić information content (AvgIpc) is 2.15. The van der Waals surface area contributed by atoms with Gasteiger partial charge in [-0.2, -0.15) is 0 Å². The summed E-state index contributed by atoms with van der Waals surface area (Å²) in [7, 11) is 0. The largest absolute Gasteiger partial charge is 0.480 e. The van der Waals surface area contributed by atoms with Crippen LogP contribution in [0.1, 0.15) is 23.0 Å². The van der Waals surface area contributed by atoms with E-state index in [0.717, 1.165) is 0 Å². The Morgan fingerprint density at radius 3 is 2.62 bits per heavy atom. The molecule has 2 N–H and O–H groups in total. The number of aryl methyl sites for hydroxylation is 1. The van der Waals surface area contributed by atoms with Crippen LogP contribution >= 0.6 is 11.6 Å². The van der Waals surface area contributed by atoms with E-state index in [1.165, 1.54) is 19.1 Å². The Hall–Kier alpha value is -1.62. The summed E-state index contributed by atoms with van der Waals surface area (Å²) in [6.07, 6.45) is 0. The smallest absolute Gasteiger partial charge is 0.325 e. The van der Waals surface area contributed by atoms with Crippen molar-refractivity contribution in [2.45, 2.75) is 19.9 Å². The molecule has 86 valence electrons. The molecule has 1 amide bonds. The Balaban J connectivity index is 2.84. The van der Waals surface area contributed by atoms with Gasteiger partial charge in [-0.15, -0.1) is 0 Å². The number of carbonyl (C=O) groups excluding carboxylic acids is 1. The van der Waals surface area contributed by atoms with Gasteiger partial charge in [-0.05, 0) is 26.0 Å². The third kappa shape index (κ3) is 3.20. The van der Waals surface area contributed by atoms with Crippen molar-refractivity contribution >= 4 is 23.5 Å². The number of hydrogen-bond acceptors (Lipinski definition) is 3. The molecule has 16 heavy (non-hydrogen) atoms. The number of nitrogens with one attached hydrogen (secondary N) is 1. The zero-order chi connectivity index (χ0) is 12.3. The van der Waals surface area contributed by atoms with Crippen LogP contribution in [0.3, 0.4) is 0 Å². The van der Waals surface area contributed by atoms with Gasteiger partial charge in [0.2, 0.25) is 0 Å². The number of pyridine rings is 1. The first-order valence-electron chi connectivity index (χ1n) is 4.58. The number of halogens is 1. The predicted molar refractivity (Wildman–Crippen MR) is 58.5 cm³/mol. The van der Waals surface area contributed by atoms with Gasteiger partial charge in [-0.25, -0.2) is 4.98 Å². The van der Waals surface area contributed by atoms with Gasteiger partial charge in [0.05, 0.1) is 0 Å². The number of hydrogen-bond donors (Lipinski definition) is 2. The standard InChI is InChI=1S/C10H11ClN2O3/c1-5-3-7(4-8(11)12-5)9(14)13-6(2)10(15)16/h3-4,6H,1-2H3,(H,13,14)(H,15,16)/t6-/m1/s1. The van der Waals surface area contributed by atoms with E-state index in [-0.39, 0.29) is 5.15 Å². The molecular weight excluding hydrogens is 232 g/mol. The Morgan fingerprint density at radius 2 is 2.12 bits per heavy atom. The van der Waals surface area contributed by atoms with E-state index in [0.29, 0.717) is 11.3 Å². The van der Waals surface area contributed by atoms with Crippen LogP contribution in [0.15, 0.2) is 12.1 Å². The molecule has 6 heteroatoms. The SMILES string of the molecule is Cc1cc(C(=O)N[C@H](C)C(=O)O)cc(Cl)n1. The molecule has 1 heterocycles. The highest BCUT2D eigenvalue weighted by Gasteiger charge is 2.15. The van der Waals surface area contributed by atoms with E-state index < -0.39 is 17.9 Å². The summed E-state index contributed by atoms with van der Waals surface area (Å²) in [5.41, 5.74) is 0.895. The van der Waals surface area contributed by atoms with E-state index >= 15 is 0 Å². The molecule has 0 fully saturated rings. The highest BCUT2D eigenvalue weighted by molar-refractivity contribution is 6.29. The summed E-state index contributed by atoms with van der Waals surface area (Å²) < 4.78 is 0. The van der Waals surface area contributed by atoms with Crippen molar-refractivity contribution in [3.63, 3.8) is 0 Å². The lowest BCUT2D eigenvalue weighted by Gasteiger charge is -2.09. The number of rotatable bonds is 3. The van der Waals surface area contributed by atoms with Crippen molar-refractivity contribution in [2.24, 2.45) is 0 Å². The monoisotopic (exact) mass is 242 g/mol. The van der Waals surface area contributed by atoms with E-state index in [1.54, 1.807) is 6.92 Å². The summed E-state index contributed by atoms with van der Waals surface area (Å²) in [5.74, 6) is -1.58. The van der Waals surface area contributed by atoms with Crippen molar-refractivity contribution in [3.8, 4) is 0 Å². The lowest BCUT2D eigenvalue weighted by molar-refractivity contribution is -0.138. The molecule has 5 nitrogen and oxygen atoms in total. The average molecular weight is 243 g/mol. The summed E-state index contributed by atoms with van der Waals surface area (Å²) in [6.45, 7) is 3.08. The quantitative estimate of drug-likeness (QED) is 0.782. The molecule has 0 aromatic carbocycles. The number of aromatic nitrogens is 1. The van der Waals surface area contributed by atoms with Crippen LogP contribution in [0.4, 0.5) is 0 Å². The number of amides is 1. The molecule has 1 atom stereocenters. The minimum absolute atomic E-state index is 0.202. The molecule has 0 radical (unpaired) electrons. The maximum atomic E-state index is 11.6. The molecule has 0 spiro atoms. The van der Waals surface area contributed by atoms with Crippen molar-refractivity contribution < 1.29 is 14.7 Å². The molecule has 0 aliphatic rings. The first kappa shape index (κ1) is 12.4. The molecule has 0 aliphatic heterocycles. The fourth-order valence-corrected chi connectivity index (χ4v) is 1.35. The molecule has 0 saturated heterocycles. The van der Waals surface area contributed by atoms with Gasteiger partial charge in [0.25, 0.3) is 5.91 Å². The first-order chi connectivity index (χ1) is 7.40. The van der Waals surface area contributed by atoms with Gasteiger partial charge in [-0.3, -0.25) is 9.59 Å². The van der Waals surface area contributed by atoms with Crippen LogP contribution in [0, 0.1) is 6.92 Å². The highest BCUT2D eigenvalue weighted by Crippen LogP contribution is 2.10. The van der Waals surface area contributed by atoms with E-state index in [9.17, 15) is 9.59 Å². The van der Waals surface area contributed by atoms with E-state index in [1.807, 2.05) is 0 Å². The van der Waals surface area contributed by atoms with Crippen molar-refractivity contribution in [1.82, 2.24) is 10.3 Å². The Labute approximate surface area is 97.4 Å². The second-order valence-corrected chi connectivity index (χ2v) is 3.74. The van der Waals surface area contributed by atoms with Gasteiger partial charge in [0.15, 0.2) is 0 Å².